The molecule has 1 aliphatic heterocycles. The molecule has 5 rings (SSSR count). The average Bonchev–Trinajstić information content (AvgIpc) is 3.79. The summed E-state index contributed by atoms with van der Waals surface area (Å²) in [7, 11) is 0. The second-order valence-corrected chi connectivity index (χ2v) is 11.2. The largest absolute Gasteiger partial charge is 0.481 e. The quantitative estimate of drug-likeness (QED) is 0.104. The third-order valence-corrected chi connectivity index (χ3v) is 8.10. The molecule has 236 valence electrons. The number of fused-ring (bicyclic) bond motifs is 2. The van der Waals surface area contributed by atoms with Crippen molar-refractivity contribution in [2.24, 2.45) is 0 Å². The number of carbonyl (C=O) groups is 5. The van der Waals surface area contributed by atoms with Gasteiger partial charge in [0, 0.05) is 53.5 Å². The molecule has 0 aliphatic carbocycles. The number of hydrogen-bond donors (Lipinski definition) is 8. The fourth-order valence-electron chi connectivity index (χ4n) is 5.71. The second-order valence-electron chi connectivity index (χ2n) is 11.2. The van der Waals surface area contributed by atoms with E-state index in [1.807, 2.05) is 48.5 Å². The molecule has 4 unspecified atom stereocenters. The summed E-state index contributed by atoms with van der Waals surface area (Å²) in [5.41, 5.74) is 3.18. The van der Waals surface area contributed by atoms with Crippen LogP contribution in [0.1, 0.15) is 36.8 Å². The van der Waals surface area contributed by atoms with E-state index in [2.05, 4.69) is 31.2 Å². The molecule has 45 heavy (non-hydrogen) atoms. The van der Waals surface area contributed by atoms with Crippen LogP contribution in [0.2, 0.25) is 0 Å². The van der Waals surface area contributed by atoms with Gasteiger partial charge >= 0.3 is 11.9 Å². The van der Waals surface area contributed by atoms with Crippen LogP contribution in [0.25, 0.3) is 21.8 Å². The summed E-state index contributed by atoms with van der Waals surface area (Å²) in [6.07, 6.45) is 4.29. The van der Waals surface area contributed by atoms with Crippen LogP contribution in [0.4, 0.5) is 0 Å². The van der Waals surface area contributed by atoms with Crippen molar-refractivity contribution in [3.8, 4) is 0 Å². The Morgan fingerprint density at radius 3 is 1.80 bits per heavy atom. The number of hydrogen-bond acceptors (Lipinski definition) is 6. The number of nitrogens with one attached hydrogen (secondary N) is 6. The zero-order valence-corrected chi connectivity index (χ0v) is 24.5. The molecule has 0 spiro atoms. The highest BCUT2D eigenvalue weighted by Gasteiger charge is 2.32. The fraction of sp³-hybridized carbons (Fsp3) is 0.344. The second kappa shape index (κ2) is 14.1. The number of carbonyl (C=O) groups excluding carboxylic acids is 3. The molecule has 2 aromatic heterocycles. The van der Waals surface area contributed by atoms with Gasteiger partial charge in [0.1, 0.15) is 18.1 Å². The van der Waals surface area contributed by atoms with Gasteiger partial charge in [-0.05, 0) is 49.1 Å². The molecule has 3 heterocycles. The molecule has 2 aromatic carbocycles. The molecular formula is C32H36N6O7. The lowest BCUT2D eigenvalue weighted by Gasteiger charge is -2.25. The van der Waals surface area contributed by atoms with Crippen molar-refractivity contribution < 1.29 is 34.2 Å². The van der Waals surface area contributed by atoms with Crippen LogP contribution in [-0.4, -0.2) is 80.6 Å². The first-order valence-corrected chi connectivity index (χ1v) is 14.9. The minimum absolute atomic E-state index is 0.00475. The van der Waals surface area contributed by atoms with Gasteiger partial charge in [-0.15, -0.1) is 0 Å². The monoisotopic (exact) mass is 616 g/mol. The number of aromatic nitrogens is 2. The predicted molar refractivity (Wildman–Crippen MR) is 165 cm³/mol. The summed E-state index contributed by atoms with van der Waals surface area (Å²) in [5.74, 6) is -4.34. The molecule has 4 atom stereocenters. The van der Waals surface area contributed by atoms with Crippen molar-refractivity contribution in [1.29, 1.82) is 0 Å². The molecule has 0 radical (unpaired) electrons. The van der Waals surface area contributed by atoms with Crippen LogP contribution >= 0.6 is 0 Å². The van der Waals surface area contributed by atoms with E-state index in [1.54, 1.807) is 12.4 Å². The molecule has 1 saturated heterocycles. The van der Waals surface area contributed by atoms with Crippen LogP contribution in [0, 0.1) is 0 Å². The highest BCUT2D eigenvalue weighted by atomic mass is 16.4. The minimum atomic E-state index is -1.48. The molecule has 4 aromatic rings. The first-order valence-electron chi connectivity index (χ1n) is 14.9. The molecular weight excluding hydrogens is 580 g/mol. The molecule has 13 nitrogen and oxygen atoms in total. The third-order valence-electron chi connectivity index (χ3n) is 8.10. The summed E-state index contributed by atoms with van der Waals surface area (Å²) in [6, 6.07) is 10.8. The smallest absolute Gasteiger partial charge is 0.326 e. The van der Waals surface area contributed by atoms with Crippen LogP contribution in [-0.2, 0) is 36.8 Å². The van der Waals surface area contributed by atoms with Crippen molar-refractivity contribution >= 4 is 51.5 Å². The zero-order valence-electron chi connectivity index (χ0n) is 24.5. The number of carboxylic acids is 2. The number of amides is 3. The Balaban J connectivity index is 1.42. The van der Waals surface area contributed by atoms with Crippen molar-refractivity contribution in [2.75, 3.05) is 6.54 Å². The maximum Gasteiger partial charge on any atom is 0.326 e. The van der Waals surface area contributed by atoms with Gasteiger partial charge in [0.15, 0.2) is 0 Å². The van der Waals surface area contributed by atoms with E-state index >= 15 is 0 Å². The molecule has 1 fully saturated rings. The number of para-hydroxylation sites is 2. The van der Waals surface area contributed by atoms with Gasteiger partial charge in [0.25, 0.3) is 0 Å². The van der Waals surface area contributed by atoms with Crippen LogP contribution in [0.15, 0.2) is 60.9 Å². The van der Waals surface area contributed by atoms with E-state index in [9.17, 15) is 29.1 Å². The number of aromatic amines is 2. The maximum absolute atomic E-state index is 14.0. The Bertz CT molecular complexity index is 1710. The van der Waals surface area contributed by atoms with Crippen molar-refractivity contribution in [3.63, 3.8) is 0 Å². The Hall–Kier alpha value is -5.17. The molecule has 0 bridgehead atoms. The summed E-state index contributed by atoms with van der Waals surface area (Å²) in [6.45, 7) is 0.691. The van der Waals surface area contributed by atoms with Gasteiger partial charge < -0.3 is 41.4 Å². The summed E-state index contributed by atoms with van der Waals surface area (Å²) in [5, 5.41) is 31.6. The highest BCUT2D eigenvalue weighted by Crippen LogP contribution is 2.21. The maximum atomic E-state index is 14.0. The summed E-state index contributed by atoms with van der Waals surface area (Å²) < 4.78 is 0. The van der Waals surface area contributed by atoms with Gasteiger partial charge in [-0.1, -0.05) is 36.4 Å². The highest BCUT2D eigenvalue weighted by molar-refractivity contribution is 5.95. The SMILES string of the molecule is O=C(O)CCC(NC(=O)C(Cc1c[nH]c2ccccc12)NC(=O)C(Cc1c[nH]c2ccccc12)NC(=O)C1CCCN1)C(=O)O. The normalized spacial score (nSPS) is 16.6. The Labute approximate surface area is 258 Å². The molecule has 0 saturated carbocycles. The number of aliphatic carboxylic acids is 2. The van der Waals surface area contributed by atoms with E-state index in [0.29, 0.717) is 18.5 Å². The van der Waals surface area contributed by atoms with Crippen molar-refractivity contribution in [1.82, 2.24) is 31.2 Å². The summed E-state index contributed by atoms with van der Waals surface area (Å²) in [4.78, 5) is 70.0. The van der Waals surface area contributed by atoms with Gasteiger partial charge in [-0.3, -0.25) is 19.2 Å². The van der Waals surface area contributed by atoms with Crippen molar-refractivity contribution in [3.05, 3.63) is 72.1 Å². The Morgan fingerprint density at radius 1 is 0.756 bits per heavy atom. The van der Waals surface area contributed by atoms with Gasteiger partial charge in [-0.2, -0.15) is 0 Å². The lowest BCUT2D eigenvalue weighted by atomic mass is 10.0. The number of rotatable bonds is 14. The molecule has 1 aliphatic rings. The van der Waals surface area contributed by atoms with Crippen LogP contribution < -0.4 is 21.3 Å². The lowest BCUT2D eigenvalue weighted by Crippen LogP contribution is -2.58. The first kappa shape index (κ1) is 31.3. The number of carboxylic acid groups (broad SMARTS) is 2. The average molecular weight is 617 g/mol. The molecule has 13 heteroatoms. The van der Waals surface area contributed by atoms with E-state index < -0.39 is 54.3 Å². The Kier molecular flexibility index (Phi) is 9.78. The molecule has 8 N–H and O–H groups in total. The standard InChI is InChI=1S/C32H36N6O7/c39-28(40)12-11-25(32(44)45)36-30(42)26(14-18-16-34-22-8-3-1-6-20(18)22)38-31(43)27(37-29(41)24-10-5-13-33-24)15-19-17-35-23-9-4-2-7-21(19)23/h1-4,6-9,16-17,24-27,33-35H,5,10-15H2,(H,36,42)(H,37,41)(H,38,43)(H,39,40)(H,44,45). The van der Waals surface area contributed by atoms with Crippen LogP contribution in [0.5, 0.6) is 0 Å². The van der Waals surface area contributed by atoms with E-state index in [-0.39, 0.29) is 25.2 Å². The van der Waals surface area contributed by atoms with Gasteiger partial charge in [0.05, 0.1) is 6.04 Å². The predicted octanol–water partition coefficient (Wildman–Crippen LogP) is 1.59. The fourth-order valence-corrected chi connectivity index (χ4v) is 5.71. The van der Waals surface area contributed by atoms with E-state index in [1.165, 1.54) is 0 Å². The number of H-pyrrole nitrogens is 2. The van der Waals surface area contributed by atoms with Gasteiger partial charge in [0.2, 0.25) is 17.7 Å². The summed E-state index contributed by atoms with van der Waals surface area (Å²) >= 11 is 0. The zero-order chi connectivity index (χ0) is 31.9. The molecule has 3 amide bonds. The van der Waals surface area contributed by atoms with E-state index in [0.717, 1.165) is 33.8 Å². The van der Waals surface area contributed by atoms with Gasteiger partial charge in [-0.25, -0.2) is 4.79 Å². The third kappa shape index (κ3) is 7.68. The first-order chi connectivity index (χ1) is 21.7. The Morgan fingerprint density at radius 2 is 1.29 bits per heavy atom. The minimum Gasteiger partial charge on any atom is -0.481 e. The van der Waals surface area contributed by atoms with Crippen molar-refractivity contribution in [2.45, 2.75) is 62.7 Å². The lowest BCUT2D eigenvalue weighted by molar-refractivity contribution is -0.143. The topological polar surface area (TPSA) is 206 Å². The van der Waals surface area contributed by atoms with E-state index in [4.69, 9.17) is 5.11 Å². The number of benzene rings is 2. The van der Waals surface area contributed by atoms with Crippen LogP contribution in [0.3, 0.4) is 0 Å².